The van der Waals surface area contributed by atoms with Gasteiger partial charge >= 0.3 is 0 Å². The lowest BCUT2D eigenvalue weighted by Crippen LogP contribution is -2.12. The molecule has 4 nitrogen and oxygen atoms in total. The first-order valence-corrected chi connectivity index (χ1v) is 3.16. The first kappa shape index (κ1) is 7.65. The molecule has 0 atom stereocenters. The lowest BCUT2D eigenvalue weighted by atomic mass is 10.2. The molecule has 1 radical (unpaired) electrons. The van der Waals surface area contributed by atoms with E-state index in [-0.39, 0.29) is 0 Å². The predicted molar refractivity (Wildman–Crippen MR) is 39.2 cm³/mol. The van der Waals surface area contributed by atoms with Crippen LogP contribution in [0.5, 0.6) is 0 Å². The molecule has 1 amide bonds. The van der Waals surface area contributed by atoms with Crippen LogP contribution in [0.1, 0.15) is 5.69 Å². The molecule has 0 saturated carbocycles. The predicted octanol–water partition coefficient (Wildman–Crippen LogP) is -0.291. The van der Waals surface area contributed by atoms with Gasteiger partial charge in [-0.15, -0.1) is 0 Å². The Morgan fingerprint density at radius 2 is 2.45 bits per heavy atom. The van der Waals surface area contributed by atoms with E-state index in [0.29, 0.717) is 6.42 Å². The van der Waals surface area contributed by atoms with E-state index in [9.17, 15) is 4.79 Å². The van der Waals surface area contributed by atoms with Gasteiger partial charge < -0.3 is 5.73 Å². The molecule has 1 aromatic heterocycles. The van der Waals surface area contributed by atoms with Crippen molar-refractivity contribution in [3.63, 3.8) is 0 Å². The summed E-state index contributed by atoms with van der Waals surface area (Å²) in [6, 6.07) is 0. The molecular formula is C7H8N3O. The van der Waals surface area contributed by atoms with Crippen molar-refractivity contribution in [3.8, 4) is 0 Å². The summed E-state index contributed by atoms with van der Waals surface area (Å²) < 4.78 is 0. The van der Waals surface area contributed by atoms with Crippen LogP contribution in [0.3, 0.4) is 0 Å². The van der Waals surface area contributed by atoms with E-state index >= 15 is 0 Å². The van der Waals surface area contributed by atoms with Crippen LogP contribution in [-0.4, -0.2) is 15.9 Å². The van der Waals surface area contributed by atoms with Crippen LogP contribution in [-0.2, 0) is 11.2 Å². The number of aromatic nitrogens is 2. The summed E-state index contributed by atoms with van der Waals surface area (Å²) in [7, 11) is 0. The fraction of sp³-hybridized carbons (Fsp3) is 0.143. The SMILES string of the molecule is NC(=O)[CH]Cc1cnccn1. The Morgan fingerprint density at radius 3 is 3.00 bits per heavy atom. The van der Waals surface area contributed by atoms with Crippen molar-refractivity contribution in [1.29, 1.82) is 0 Å². The third-order valence-corrected chi connectivity index (χ3v) is 1.13. The molecule has 2 N–H and O–H groups in total. The highest BCUT2D eigenvalue weighted by Crippen LogP contribution is 1.93. The number of carbonyl (C=O) groups is 1. The Morgan fingerprint density at radius 1 is 1.64 bits per heavy atom. The van der Waals surface area contributed by atoms with Gasteiger partial charge in [0.25, 0.3) is 0 Å². The van der Waals surface area contributed by atoms with Crippen LogP contribution in [0.2, 0.25) is 0 Å². The number of nitrogens with zero attached hydrogens (tertiary/aromatic N) is 2. The number of rotatable bonds is 3. The minimum atomic E-state index is -0.435. The zero-order chi connectivity index (χ0) is 8.10. The molecule has 0 unspecified atom stereocenters. The summed E-state index contributed by atoms with van der Waals surface area (Å²) in [6.07, 6.45) is 6.56. The zero-order valence-electron chi connectivity index (χ0n) is 5.90. The molecule has 0 aliphatic rings. The lowest BCUT2D eigenvalue weighted by molar-refractivity contribution is -0.115. The molecule has 0 bridgehead atoms. The van der Waals surface area contributed by atoms with Crippen molar-refractivity contribution >= 4 is 5.91 Å². The number of primary amides is 1. The van der Waals surface area contributed by atoms with Crippen molar-refractivity contribution in [1.82, 2.24) is 9.97 Å². The molecule has 0 aliphatic carbocycles. The molecule has 0 spiro atoms. The number of hydrogen-bond acceptors (Lipinski definition) is 3. The first-order chi connectivity index (χ1) is 5.29. The standard InChI is InChI=1S/C7H8N3O/c8-7(11)2-1-6-5-9-3-4-10-6/h2-5H,1H2,(H2,8,11). The van der Waals surface area contributed by atoms with Crippen molar-refractivity contribution < 1.29 is 4.79 Å². The molecule has 0 fully saturated rings. The molecule has 1 aromatic rings. The van der Waals surface area contributed by atoms with Crippen LogP contribution >= 0.6 is 0 Å². The maximum atomic E-state index is 10.3. The molecule has 11 heavy (non-hydrogen) atoms. The molecular weight excluding hydrogens is 142 g/mol. The van der Waals surface area contributed by atoms with Gasteiger partial charge in [-0.1, -0.05) is 0 Å². The molecule has 4 heteroatoms. The Hall–Kier alpha value is -1.45. The third-order valence-electron chi connectivity index (χ3n) is 1.13. The maximum Gasteiger partial charge on any atom is 0.221 e. The van der Waals surface area contributed by atoms with Crippen LogP contribution in [0, 0.1) is 6.42 Å². The second kappa shape index (κ2) is 3.65. The lowest BCUT2D eigenvalue weighted by Gasteiger charge is -1.94. The fourth-order valence-electron chi connectivity index (χ4n) is 0.641. The van der Waals surface area contributed by atoms with Crippen LogP contribution in [0.25, 0.3) is 0 Å². The number of amides is 1. The average molecular weight is 150 g/mol. The summed E-state index contributed by atoms with van der Waals surface area (Å²) in [5.41, 5.74) is 5.64. The van der Waals surface area contributed by atoms with E-state index in [1.165, 1.54) is 6.42 Å². The highest BCUT2D eigenvalue weighted by molar-refractivity contribution is 5.82. The number of carbonyl (C=O) groups excluding carboxylic acids is 1. The second-order valence-corrected chi connectivity index (χ2v) is 2.01. The van der Waals surface area contributed by atoms with Gasteiger partial charge in [0.05, 0.1) is 12.1 Å². The van der Waals surface area contributed by atoms with Crippen LogP contribution < -0.4 is 5.73 Å². The number of nitrogens with two attached hydrogens (primary N) is 1. The van der Waals surface area contributed by atoms with Crippen molar-refractivity contribution in [3.05, 3.63) is 30.7 Å². The van der Waals surface area contributed by atoms with Crippen LogP contribution in [0.15, 0.2) is 18.6 Å². The van der Waals surface area contributed by atoms with Gasteiger partial charge in [-0.3, -0.25) is 14.8 Å². The first-order valence-electron chi connectivity index (χ1n) is 3.16. The maximum absolute atomic E-state index is 10.3. The Labute approximate surface area is 64.5 Å². The van der Waals surface area contributed by atoms with Gasteiger partial charge in [0.15, 0.2) is 0 Å². The highest BCUT2D eigenvalue weighted by atomic mass is 16.1. The summed E-state index contributed by atoms with van der Waals surface area (Å²) in [6.45, 7) is 0. The van der Waals surface area contributed by atoms with Gasteiger partial charge in [0.1, 0.15) is 0 Å². The molecule has 57 valence electrons. The minimum absolute atomic E-state index is 0.435. The smallest absolute Gasteiger partial charge is 0.221 e. The summed E-state index contributed by atoms with van der Waals surface area (Å²) in [5.74, 6) is -0.435. The monoisotopic (exact) mass is 150 g/mol. The topological polar surface area (TPSA) is 68.9 Å². The minimum Gasteiger partial charge on any atom is -0.369 e. The number of hydrogen-bond donors (Lipinski definition) is 1. The third kappa shape index (κ3) is 2.75. The van der Waals surface area contributed by atoms with E-state index < -0.39 is 5.91 Å². The Balaban J connectivity index is 2.45. The molecule has 0 saturated heterocycles. The largest absolute Gasteiger partial charge is 0.369 e. The molecule has 1 heterocycles. The van der Waals surface area contributed by atoms with Gasteiger partial charge in [-0.2, -0.15) is 0 Å². The summed E-state index contributed by atoms with van der Waals surface area (Å²) in [5, 5.41) is 0. The van der Waals surface area contributed by atoms with Crippen molar-refractivity contribution in [2.75, 3.05) is 0 Å². The molecule has 1 rings (SSSR count). The quantitative estimate of drug-likeness (QED) is 0.643. The molecule has 0 aromatic carbocycles. The highest BCUT2D eigenvalue weighted by Gasteiger charge is 1.97. The molecule has 0 aliphatic heterocycles. The summed E-state index contributed by atoms with van der Waals surface area (Å²) >= 11 is 0. The van der Waals surface area contributed by atoms with Gasteiger partial charge in [-0.25, -0.2) is 0 Å². The van der Waals surface area contributed by atoms with Gasteiger partial charge in [-0.05, 0) is 0 Å². The van der Waals surface area contributed by atoms with E-state index in [2.05, 4.69) is 9.97 Å². The van der Waals surface area contributed by atoms with E-state index in [1.807, 2.05) is 0 Å². The van der Waals surface area contributed by atoms with Crippen molar-refractivity contribution in [2.24, 2.45) is 5.73 Å². The zero-order valence-corrected chi connectivity index (χ0v) is 5.90. The van der Waals surface area contributed by atoms with Gasteiger partial charge in [0, 0.05) is 25.0 Å². The Bertz CT molecular complexity index is 235. The van der Waals surface area contributed by atoms with E-state index in [0.717, 1.165) is 5.69 Å². The average Bonchev–Trinajstić information content (AvgIpc) is 2.03. The second-order valence-electron chi connectivity index (χ2n) is 2.01. The van der Waals surface area contributed by atoms with Crippen molar-refractivity contribution in [2.45, 2.75) is 6.42 Å². The van der Waals surface area contributed by atoms with E-state index in [1.54, 1.807) is 18.6 Å². The summed E-state index contributed by atoms with van der Waals surface area (Å²) in [4.78, 5) is 18.1. The van der Waals surface area contributed by atoms with Gasteiger partial charge in [0.2, 0.25) is 5.91 Å². The fourth-order valence-corrected chi connectivity index (χ4v) is 0.641. The van der Waals surface area contributed by atoms with E-state index in [4.69, 9.17) is 5.73 Å². The van der Waals surface area contributed by atoms with Crippen LogP contribution in [0.4, 0.5) is 0 Å². The Kier molecular flexibility index (Phi) is 2.54. The normalized spacial score (nSPS) is 9.45.